The average molecular weight is 319 g/mol. The molecule has 0 aliphatic rings. The lowest BCUT2D eigenvalue weighted by Crippen LogP contribution is -2.36. The van der Waals surface area contributed by atoms with E-state index in [1.54, 1.807) is 12.1 Å². The molecular weight excluding hydrogens is 302 g/mol. The van der Waals surface area contributed by atoms with Crippen molar-refractivity contribution >= 4 is 11.7 Å². The minimum Gasteiger partial charge on any atom is -0.332 e. The van der Waals surface area contributed by atoms with Gasteiger partial charge >= 0.3 is 6.03 Å². The van der Waals surface area contributed by atoms with Crippen molar-refractivity contribution in [3.05, 3.63) is 71.7 Å². The quantitative estimate of drug-likeness (QED) is 0.775. The van der Waals surface area contributed by atoms with E-state index < -0.39 is 0 Å². The summed E-state index contributed by atoms with van der Waals surface area (Å²) in [5.74, 6) is 0. The molecule has 120 valence electrons. The molecule has 1 aromatic carbocycles. The number of nitrogens with zero attached hydrogens (tertiary/aromatic N) is 3. The third-order valence-electron chi connectivity index (χ3n) is 3.73. The number of aromatic nitrogens is 2. The Morgan fingerprint density at radius 1 is 1.29 bits per heavy atom. The fraction of sp³-hybridized carbons (Fsp3) is 0.167. The topological polar surface area (TPSA) is 82.2 Å². The molecule has 3 rings (SSSR count). The monoisotopic (exact) mass is 319 g/mol. The molecule has 0 radical (unpaired) electrons. The van der Waals surface area contributed by atoms with Gasteiger partial charge in [-0.1, -0.05) is 18.2 Å². The van der Waals surface area contributed by atoms with Crippen LogP contribution >= 0.6 is 0 Å². The second-order valence-electron chi connectivity index (χ2n) is 5.48. The number of rotatable bonds is 4. The number of urea groups is 1. The highest BCUT2D eigenvalue weighted by atomic mass is 16.2. The summed E-state index contributed by atoms with van der Waals surface area (Å²) in [5.41, 5.74) is 3.18. The molecule has 2 N–H and O–H groups in total. The number of carbonyl (C=O) groups is 1. The zero-order valence-corrected chi connectivity index (χ0v) is 13.2. The van der Waals surface area contributed by atoms with Crippen molar-refractivity contribution in [3.8, 4) is 6.07 Å². The van der Waals surface area contributed by atoms with Crippen molar-refractivity contribution in [3.63, 3.8) is 0 Å². The number of hydrogen-bond donors (Lipinski definition) is 2. The minimum atomic E-state index is -0.260. The summed E-state index contributed by atoms with van der Waals surface area (Å²) < 4.78 is 1.91. The largest absolute Gasteiger partial charge is 0.332 e. The molecule has 1 atom stereocenters. The summed E-state index contributed by atoms with van der Waals surface area (Å²) in [5, 5.41) is 14.5. The zero-order valence-electron chi connectivity index (χ0n) is 13.2. The second kappa shape index (κ2) is 6.84. The summed E-state index contributed by atoms with van der Waals surface area (Å²) in [4.78, 5) is 16.5. The van der Waals surface area contributed by atoms with E-state index in [9.17, 15) is 4.79 Å². The molecule has 0 spiro atoms. The summed E-state index contributed by atoms with van der Waals surface area (Å²) in [6.45, 7) is 2.25. The van der Waals surface area contributed by atoms with Crippen LogP contribution in [0.3, 0.4) is 0 Å². The maximum absolute atomic E-state index is 12.0. The molecule has 2 heterocycles. The fourth-order valence-electron chi connectivity index (χ4n) is 2.42. The Hall–Kier alpha value is -3.33. The highest BCUT2D eigenvalue weighted by Gasteiger charge is 2.10. The average Bonchev–Trinajstić information content (AvgIpc) is 3.03. The molecule has 0 unspecified atom stereocenters. The predicted octanol–water partition coefficient (Wildman–Crippen LogP) is 2.77. The van der Waals surface area contributed by atoms with Crippen LogP contribution in [0.4, 0.5) is 4.79 Å². The summed E-state index contributed by atoms with van der Waals surface area (Å²) in [6.07, 6.45) is 3.80. The first-order valence-corrected chi connectivity index (χ1v) is 7.63. The Balaban J connectivity index is 1.55. The highest BCUT2D eigenvalue weighted by Crippen LogP contribution is 2.13. The van der Waals surface area contributed by atoms with E-state index in [2.05, 4.69) is 21.7 Å². The number of amides is 2. The number of fused-ring (bicyclic) bond motifs is 1. The highest BCUT2D eigenvalue weighted by molar-refractivity contribution is 5.74. The zero-order chi connectivity index (χ0) is 16.9. The molecule has 0 saturated heterocycles. The van der Waals surface area contributed by atoms with Gasteiger partial charge in [0, 0.05) is 12.4 Å². The van der Waals surface area contributed by atoms with Gasteiger partial charge in [-0.25, -0.2) is 9.78 Å². The number of carbonyl (C=O) groups excluding carboxylic acids is 1. The van der Waals surface area contributed by atoms with E-state index in [0.29, 0.717) is 12.1 Å². The molecule has 0 bridgehead atoms. The van der Waals surface area contributed by atoms with Crippen molar-refractivity contribution in [2.75, 3.05) is 0 Å². The first-order chi connectivity index (χ1) is 11.7. The van der Waals surface area contributed by atoms with Gasteiger partial charge in [0.15, 0.2) is 0 Å². The van der Waals surface area contributed by atoms with Crippen LogP contribution in [0.1, 0.15) is 29.8 Å². The SMILES string of the molecule is C[C@@H](NC(=O)NCc1cn2ccccc2n1)c1ccc(C#N)cc1. The van der Waals surface area contributed by atoms with Crippen molar-refractivity contribution in [2.24, 2.45) is 0 Å². The Bertz CT molecular complexity index is 859. The molecule has 6 nitrogen and oxygen atoms in total. The molecule has 2 aromatic heterocycles. The standard InChI is InChI=1S/C18H17N5O/c1-13(15-7-5-14(10-19)6-8-15)21-18(24)20-11-16-12-23-9-3-2-4-17(23)22-16/h2-9,12-13H,11H2,1H3,(H2,20,21,24)/t13-/m1/s1. The molecule has 0 fully saturated rings. The number of imidazole rings is 1. The van der Waals surface area contributed by atoms with Gasteiger partial charge in [0.25, 0.3) is 0 Å². The number of nitriles is 1. The van der Waals surface area contributed by atoms with Gasteiger partial charge in [-0.2, -0.15) is 5.26 Å². The van der Waals surface area contributed by atoms with Crippen molar-refractivity contribution in [1.82, 2.24) is 20.0 Å². The lowest BCUT2D eigenvalue weighted by Gasteiger charge is -2.14. The number of benzene rings is 1. The van der Waals surface area contributed by atoms with Crippen LogP contribution in [0, 0.1) is 11.3 Å². The van der Waals surface area contributed by atoms with Crippen LogP contribution in [0.5, 0.6) is 0 Å². The van der Waals surface area contributed by atoms with Crippen LogP contribution in [0.15, 0.2) is 54.9 Å². The summed E-state index contributed by atoms with van der Waals surface area (Å²) in [6, 6.07) is 14.6. The van der Waals surface area contributed by atoms with Gasteiger partial charge in [-0.15, -0.1) is 0 Å². The third kappa shape index (κ3) is 3.52. The first-order valence-electron chi connectivity index (χ1n) is 7.63. The van der Waals surface area contributed by atoms with Crippen LogP contribution in [-0.2, 0) is 6.54 Å². The molecular formula is C18H17N5O. The molecule has 3 aromatic rings. The fourth-order valence-corrected chi connectivity index (χ4v) is 2.42. The van der Waals surface area contributed by atoms with Crippen LogP contribution in [0.2, 0.25) is 0 Å². The Kier molecular flexibility index (Phi) is 4.43. The lowest BCUT2D eigenvalue weighted by molar-refractivity contribution is 0.237. The Morgan fingerprint density at radius 2 is 2.08 bits per heavy atom. The van der Waals surface area contributed by atoms with Gasteiger partial charge in [0.1, 0.15) is 5.65 Å². The maximum atomic E-state index is 12.0. The Labute approximate surface area is 139 Å². The molecule has 6 heteroatoms. The van der Waals surface area contributed by atoms with Crippen LogP contribution < -0.4 is 10.6 Å². The van der Waals surface area contributed by atoms with E-state index in [1.165, 1.54) is 0 Å². The number of hydrogen-bond acceptors (Lipinski definition) is 3. The normalized spacial score (nSPS) is 11.7. The minimum absolute atomic E-state index is 0.154. The van der Waals surface area contributed by atoms with Gasteiger partial charge in [-0.3, -0.25) is 0 Å². The van der Waals surface area contributed by atoms with Gasteiger partial charge < -0.3 is 15.0 Å². The van der Waals surface area contributed by atoms with Crippen molar-refractivity contribution in [1.29, 1.82) is 5.26 Å². The van der Waals surface area contributed by atoms with Gasteiger partial charge in [0.2, 0.25) is 0 Å². The smallest absolute Gasteiger partial charge is 0.315 e. The number of pyridine rings is 1. The molecule has 24 heavy (non-hydrogen) atoms. The van der Waals surface area contributed by atoms with E-state index in [-0.39, 0.29) is 12.1 Å². The van der Waals surface area contributed by atoms with E-state index >= 15 is 0 Å². The lowest BCUT2D eigenvalue weighted by atomic mass is 10.1. The number of nitrogens with one attached hydrogen (secondary N) is 2. The van der Waals surface area contributed by atoms with E-state index in [4.69, 9.17) is 5.26 Å². The molecule has 2 amide bonds. The molecule has 0 aliphatic carbocycles. The second-order valence-corrected chi connectivity index (χ2v) is 5.48. The maximum Gasteiger partial charge on any atom is 0.315 e. The predicted molar refractivity (Wildman–Crippen MR) is 90.1 cm³/mol. The van der Waals surface area contributed by atoms with E-state index in [1.807, 2.05) is 54.0 Å². The van der Waals surface area contributed by atoms with Crippen LogP contribution in [-0.4, -0.2) is 15.4 Å². The van der Waals surface area contributed by atoms with Gasteiger partial charge in [-0.05, 0) is 36.8 Å². The summed E-state index contributed by atoms with van der Waals surface area (Å²) >= 11 is 0. The Morgan fingerprint density at radius 3 is 2.79 bits per heavy atom. The molecule has 0 saturated carbocycles. The molecule has 0 aliphatic heterocycles. The van der Waals surface area contributed by atoms with Crippen LogP contribution in [0.25, 0.3) is 5.65 Å². The first kappa shape index (κ1) is 15.6. The van der Waals surface area contributed by atoms with Crippen molar-refractivity contribution < 1.29 is 4.79 Å². The third-order valence-corrected chi connectivity index (χ3v) is 3.73. The van der Waals surface area contributed by atoms with E-state index in [0.717, 1.165) is 16.9 Å². The van der Waals surface area contributed by atoms with Crippen molar-refractivity contribution in [2.45, 2.75) is 19.5 Å². The summed E-state index contributed by atoms with van der Waals surface area (Å²) in [7, 11) is 0. The van der Waals surface area contributed by atoms with Gasteiger partial charge in [0.05, 0.1) is 29.9 Å².